The summed E-state index contributed by atoms with van der Waals surface area (Å²) in [7, 11) is 0. The van der Waals surface area contributed by atoms with Crippen LogP contribution >= 0.6 is 306 Å². The van der Waals surface area contributed by atoms with Crippen LogP contribution in [-0.4, -0.2) is 325 Å². The molecule has 26 heteroatoms. The van der Waals surface area contributed by atoms with Crippen molar-refractivity contribution in [2.45, 2.75) is 193 Å². The van der Waals surface area contributed by atoms with E-state index in [1.54, 1.807) is 306 Å². The molecule has 0 heterocycles. The van der Waals surface area contributed by atoms with Crippen LogP contribution in [0.2, 0.25) is 0 Å². The maximum absolute atomic E-state index is 2.04. The van der Waals surface area contributed by atoms with Crippen LogP contribution in [0.1, 0.15) is 193 Å². The first-order valence-corrected chi connectivity index (χ1v) is 63.7. The van der Waals surface area contributed by atoms with Crippen LogP contribution in [0, 0.1) is 0 Å². The summed E-state index contributed by atoms with van der Waals surface area (Å²) >= 11 is 45.5. The third-order valence-corrected chi connectivity index (χ3v) is 0. The molecular formula is C78H260S26. The summed E-state index contributed by atoms with van der Waals surface area (Å²) in [5.74, 6) is 0. The van der Waals surface area contributed by atoms with Gasteiger partial charge >= 0.3 is 0 Å². The molecule has 0 radical (unpaired) electrons. The molecule has 0 aliphatic carbocycles. The Morgan fingerprint density at radius 1 is 0.0481 bits per heavy atom. The van der Waals surface area contributed by atoms with Gasteiger partial charge in [0.25, 0.3) is 0 Å². The minimum Gasteiger partial charge on any atom is -0.169 e. The molecule has 0 aliphatic heterocycles. The molecule has 0 spiro atoms. The van der Waals surface area contributed by atoms with Crippen molar-refractivity contribution in [2.24, 2.45) is 0 Å². The van der Waals surface area contributed by atoms with Crippen molar-refractivity contribution in [3.63, 3.8) is 0 Å². The van der Waals surface area contributed by atoms with Gasteiger partial charge in [-0.1, -0.05) is 193 Å². The third-order valence-electron chi connectivity index (χ3n) is 0. The van der Waals surface area contributed by atoms with E-state index in [1.165, 1.54) is 0 Å². The number of hydrogen-bond donors (Lipinski definition) is 0. The molecule has 0 aromatic rings. The lowest BCUT2D eigenvalue weighted by Crippen LogP contribution is -1.25. The van der Waals surface area contributed by atoms with E-state index in [2.05, 4.69) is 0 Å². The SMILES string of the molecule is C.C.C.C.C.C.C.C.C.C.C.C.C.C.C.C.C.C.C.C.C.C.C.C.C.C.CSC.CSC.CSC.CSC.CSC.CSC.CSC.CSC.CSC.CSC.CSC.CSC.CSC.CSC.CSC.CSC.CSC.CSC.CSC.CSC.CSC.CSC.CSC.CSC.CSC.CSC. The molecule has 0 unspecified atom stereocenters. The maximum atomic E-state index is 2.04. The molecule has 0 aliphatic rings. The normalized spacial score (nSPS) is 4.50. The van der Waals surface area contributed by atoms with E-state index >= 15 is 0 Å². The zero-order valence-corrected chi connectivity index (χ0v) is 83.8. The van der Waals surface area contributed by atoms with Crippen molar-refractivity contribution in [2.75, 3.05) is 325 Å². The lowest BCUT2D eigenvalue weighted by molar-refractivity contribution is 2.37. The number of thioether (sulfide) groups is 26. The van der Waals surface area contributed by atoms with Crippen molar-refractivity contribution in [3.05, 3.63) is 0 Å². The summed E-state index contributed by atoms with van der Waals surface area (Å²) in [6.45, 7) is 0. The average Bonchev–Trinajstić information content (AvgIpc) is 3.31. The topological polar surface area (TPSA) is 0 Å². The summed E-state index contributed by atoms with van der Waals surface area (Å²) in [5.41, 5.74) is 0. The van der Waals surface area contributed by atoms with Crippen molar-refractivity contribution in [3.8, 4) is 0 Å². The molecule has 0 rings (SSSR count). The Morgan fingerprint density at radius 3 is 0.0481 bits per heavy atom. The fraction of sp³-hybridized carbons (Fsp3) is 1.00. The standard InChI is InChI=1S/26C2H6S.26CH4/c26*1-3-2;;;;;;;;;;;;;;;;;;;;;;;;;;/h26*1-2H3;26*1H4. The molecule has 0 aromatic carbocycles. The predicted molar refractivity (Wildman–Crippen MR) is 680 cm³/mol. The van der Waals surface area contributed by atoms with E-state index < -0.39 is 0 Å². The first-order chi connectivity index (χ1) is 36.8. The fourth-order valence-electron chi connectivity index (χ4n) is 0. The molecule has 0 amide bonds. The van der Waals surface area contributed by atoms with Gasteiger partial charge in [-0.3, -0.25) is 0 Å². The van der Waals surface area contributed by atoms with Crippen molar-refractivity contribution >= 4 is 306 Å². The molecule has 0 atom stereocenters. The van der Waals surface area contributed by atoms with Gasteiger partial charge in [-0.25, -0.2) is 0 Å². The van der Waals surface area contributed by atoms with Crippen molar-refractivity contribution in [1.29, 1.82) is 0 Å². The van der Waals surface area contributed by atoms with E-state index in [1.807, 2.05) is 325 Å². The lowest BCUT2D eigenvalue weighted by atomic mass is 11.9. The van der Waals surface area contributed by atoms with Crippen LogP contribution in [0.5, 0.6) is 0 Å². The Kier molecular flexibility index (Phi) is 4110. The van der Waals surface area contributed by atoms with Crippen LogP contribution in [0.25, 0.3) is 0 Å². The summed E-state index contributed by atoms with van der Waals surface area (Å²) in [4.78, 5) is 0. The van der Waals surface area contributed by atoms with Gasteiger partial charge in [0.05, 0.1) is 0 Å². The van der Waals surface area contributed by atoms with Gasteiger partial charge in [-0.15, -0.1) is 0 Å². The summed E-state index contributed by atoms with van der Waals surface area (Å²) in [5, 5.41) is 0. The molecular weight excluding hydrogens is 1770 g/mol. The molecule has 0 aromatic heterocycles. The highest BCUT2D eigenvalue weighted by Gasteiger charge is 1.40. The second kappa shape index (κ2) is 1120. The highest BCUT2D eigenvalue weighted by Crippen LogP contribution is 1.77. The van der Waals surface area contributed by atoms with Crippen molar-refractivity contribution < 1.29 is 0 Å². The Bertz CT molecular complexity index is 207. The second-order valence-corrected chi connectivity index (χ2v) is 31.8. The highest BCUT2D eigenvalue weighted by atomic mass is 32.2. The van der Waals surface area contributed by atoms with Crippen molar-refractivity contribution in [1.82, 2.24) is 0 Å². The Hall–Kier alpha value is 9.10. The Balaban J connectivity index is -0.00000000535. The van der Waals surface area contributed by atoms with E-state index in [9.17, 15) is 0 Å². The molecule has 0 nitrogen and oxygen atoms in total. The van der Waals surface area contributed by atoms with Crippen LogP contribution in [0.4, 0.5) is 0 Å². The van der Waals surface area contributed by atoms with Gasteiger partial charge in [-0.05, 0) is 325 Å². The Morgan fingerprint density at radius 2 is 0.0481 bits per heavy atom. The average molecular weight is 2030 g/mol. The van der Waals surface area contributed by atoms with Crippen LogP contribution in [0.3, 0.4) is 0 Å². The fourth-order valence-corrected chi connectivity index (χ4v) is 0. The number of rotatable bonds is 0. The molecule has 0 saturated heterocycles. The molecule has 728 valence electrons. The predicted octanol–water partition coefficient (Wildman–Crippen LogP) is 42.0. The monoisotopic (exact) mass is 2030 g/mol. The summed E-state index contributed by atoms with van der Waals surface area (Å²) < 4.78 is 0. The highest BCUT2D eigenvalue weighted by molar-refractivity contribution is 8.02. The van der Waals surface area contributed by atoms with Gasteiger partial charge in [0.15, 0.2) is 0 Å². The molecule has 0 bridgehead atoms. The van der Waals surface area contributed by atoms with E-state index in [0.717, 1.165) is 0 Å². The molecule has 0 saturated carbocycles. The quantitative estimate of drug-likeness (QED) is 0.226. The Labute approximate surface area is 813 Å². The maximum Gasteiger partial charge on any atom is -0.0187 e. The van der Waals surface area contributed by atoms with Crippen LogP contribution < -0.4 is 0 Å². The van der Waals surface area contributed by atoms with Gasteiger partial charge < -0.3 is 0 Å². The zero-order valence-electron chi connectivity index (χ0n) is 62.6. The lowest BCUT2D eigenvalue weighted by Gasteiger charge is -1.51. The zero-order chi connectivity index (χ0) is 70.4. The number of hydrogen-bond acceptors (Lipinski definition) is 26. The first kappa shape index (κ1) is 381. The summed E-state index contributed by atoms with van der Waals surface area (Å²) in [6, 6.07) is 0. The van der Waals surface area contributed by atoms with Gasteiger partial charge in [0, 0.05) is 0 Å². The van der Waals surface area contributed by atoms with Gasteiger partial charge in [0.2, 0.25) is 0 Å². The first-order valence-electron chi connectivity index (χ1n) is 21.2. The smallest absolute Gasteiger partial charge is 0.0187 e. The summed E-state index contributed by atoms with van der Waals surface area (Å²) in [6.07, 6.45) is 106. The second-order valence-electron chi connectivity index (χ2n) is 10.6. The molecule has 104 heavy (non-hydrogen) atoms. The van der Waals surface area contributed by atoms with E-state index in [4.69, 9.17) is 0 Å². The van der Waals surface area contributed by atoms with Crippen LogP contribution in [-0.2, 0) is 0 Å². The van der Waals surface area contributed by atoms with E-state index in [-0.39, 0.29) is 193 Å². The molecule has 0 fully saturated rings. The molecule has 0 N–H and O–H groups in total. The third kappa shape index (κ3) is 16300. The van der Waals surface area contributed by atoms with Crippen LogP contribution in [0.15, 0.2) is 0 Å². The van der Waals surface area contributed by atoms with Gasteiger partial charge in [0.1, 0.15) is 0 Å². The minimum atomic E-state index is 0. The van der Waals surface area contributed by atoms with Gasteiger partial charge in [-0.2, -0.15) is 306 Å². The van der Waals surface area contributed by atoms with E-state index in [0.29, 0.717) is 0 Å². The largest absolute Gasteiger partial charge is 0.169 e. The minimum absolute atomic E-state index is 0.